The van der Waals surface area contributed by atoms with E-state index in [1.807, 2.05) is 18.2 Å². The number of nitrogens with zero attached hydrogens (tertiary/aromatic N) is 1. The third-order valence-corrected chi connectivity index (χ3v) is 5.06. The molecule has 0 saturated carbocycles. The monoisotopic (exact) mass is 322 g/mol. The lowest BCUT2D eigenvalue weighted by molar-refractivity contribution is -0.137. The van der Waals surface area contributed by atoms with Crippen LogP contribution in [-0.2, 0) is 11.2 Å². The number of amides is 1. The number of carbonyl (C=O) groups is 1. The fourth-order valence-electron chi connectivity index (χ4n) is 3.89. The highest BCUT2D eigenvalue weighted by Gasteiger charge is 2.35. The topological polar surface area (TPSA) is 41.6 Å². The highest BCUT2D eigenvalue weighted by atomic mass is 35.5. The molecule has 2 saturated heterocycles. The van der Waals surface area contributed by atoms with Crippen molar-refractivity contribution in [3.63, 3.8) is 0 Å². The lowest BCUT2D eigenvalue weighted by Crippen LogP contribution is -2.44. The van der Waals surface area contributed by atoms with Gasteiger partial charge in [-0.25, -0.2) is 0 Å². The van der Waals surface area contributed by atoms with Crippen LogP contribution in [0.2, 0.25) is 0 Å². The van der Waals surface area contributed by atoms with Crippen LogP contribution in [0.1, 0.15) is 24.8 Å². The average Bonchev–Trinajstić information content (AvgIpc) is 2.85. The van der Waals surface area contributed by atoms with E-state index >= 15 is 0 Å². The smallest absolute Gasteiger partial charge is 0.229 e. The Morgan fingerprint density at radius 1 is 1.18 bits per heavy atom. The Balaban J connectivity index is 0.00000144. The molecule has 2 bridgehead atoms. The molecule has 3 unspecified atom stereocenters. The molecule has 3 atom stereocenters. The Morgan fingerprint density at radius 3 is 2.91 bits per heavy atom. The van der Waals surface area contributed by atoms with Crippen LogP contribution in [0.25, 0.3) is 0 Å². The van der Waals surface area contributed by atoms with Crippen LogP contribution in [0.4, 0.5) is 0 Å². The van der Waals surface area contributed by atoms with Crippen molar-refractivity contribution in [2.75, 3.05) is 19.7 Å². The van der Waals surface area contributed by atoms with E-state index in [1.165, 1.54) is 12.8 Å². The van der Waals surface area contributed by atoms with Crippen LogP contribution in [0, 0.1) is 5.92 Å². The van der Waals surface area contributed by atoms with Gasteiger partial charge in [0, 0.05) is 25.2 Å². The summed E-state index contributed by atoms with van der Waals surface area (Å²) in [6, 6.07) is 9.18. The number of hydrogen-bond acceptors (Lipinski definition) is 3. The van der Waals surface area contributed by atoms with E-state index in [9.17, 15) is 4.79 Å². The molecule has 0 aromatic heterocycles. The predicted octanol–water partition coefficient (Wildman–Crippen LogP) is 2.01. The van der Waals surface area contributed by atoms with E-state index in [2.05, 4.69) is 16.3 Å². The molecule has 120 valence electrons. The maximum absolute atomic E-state index is 12.8. The van der Waals surface area contributed by atoms with Crippen LogP contribution in [-0.4, -0.2) is 42.6 Å². The van der Waals surface area contributed by atoms with Crippen molar-refractivity contribution in [3.8, 4) is 5.75 Å². The van der Waals surface area contributed by atoms with E-state index in [0.717, 1.165) is 37.2 Å². The second kappa shape index (κ2) is 6.47. The zero-order chi connectivity index (χ0) is 14.2. The maximum atomic E-state index is 12.8. The first-order valence-electron chi connectivity index (χ1n) is 8.05. The van der Waals surface area contributed by atoms with Gasteiger partial charge in [-0.3, -0.25) is 4.79 Å². The number of benzene rings is 1. The van der Waals surface area contributed by atoms with Crippen molar-refractivity contribution in [2.45, 2.75) is 37.8 Å². The Hall–Kier alpha value is -1.26. The zero-order valence-electron chi connectivity index (χ0n) is 12.7. The van der Waals surface area contributed by atoms with Gasteiger partial charge in [0.05, 0.1) is 5.92 Å². The number of likely N-dealkylation sites (tertiary alicyclic amines) is 1. The minimum Gasteiger partial charge on any atom is -0.492 e. The first kappa shape index (κ1) is 15.6. The molecular weight excluding hydrogens is 300 g/mol. The van der Waals surface area contributed by atoms with Gasteiger partial charge in [0.1, 0.15) is 12.4 Å². The number of fused-ring (bicyclic) bond motifs is 3. The summed E-state index contributed by atoms with van der Waals surface area (Å²) in [4.78, 5) is 14.9. The molecule has 1 aromatic rings. The molecule has 0 radical (unpaired) electrons. The quantitative estimate of drug-likeness (QED) is 0.860. The summed E-state index contributed by atoms with van der Waals surface area (Å²) in [6.45, 7) is 2.28. The molecule has 0 aliphatic carbocycles. The zero-order valence-corrected chi connectivity index (χ0v) is 13.5. The number of rotatable bonds is 1. The fraction of sp³-hybridized carbons (Fsp3) is 0.588. The second-order valence-corrected chi connectivity index (χ2v) is 6.53. The van der Waals surface area contributed by atoms with Gasteiger partial charge in [0.2, 0.25) is 5.91 Å². The third-order valence-electron chi connectivity index (χ3n) is 5.06. The highest BCUT2D eigenvalue weighted by Crippen LogP contribution is 2.29. The van der Waals surface area contributed by atoms with Gasteiger partial charge in [-0.05, 0) is 37.3 Å². The molecule has 3 aliphatic rings. The molecule has 3 aliphatic heterocycles. The lowest BCUT2D eigenvalue weighted by Gasteiger charge is -2.31. The van der Waals surface area contributed by atoms with Gasteiger partial charge in [-0.1, -0.05) is 18.2 Å². The van der Waals surface area contributed by atoms with Crippen LogP contribution < -0.4 is 10.1 Å². The molecule has 22 heavy (non-hydrogen) atoms. The van der Waals surface area contributed by atoms with E-state index in [-0.39, 0.29) is 24.2 Å². The lowest BCUT2D eigenvalue weighted by atomic mass is 9.95. The number of para-hydroxylation sites is 1. The fourth-order valence-corrected chi connectivity index (χ4v) is 3.89. The molecule has 4 nitrogen and oxygen atoms in total. The predicted molar refractivity (Wildman–Crippen MR) is 87.5 cm³/mol. The highest BCUT2D eigenvalue weighted by molar-refractivity contribution is 5.85. The van der Waals surface area contributed by atoms with Gasteiger partial charge in [-0.2, -0.15) is 0 Å². The summed E-state index contributed by atoms with van der Waals surface area (Å²) in [7, 11) is 0. The van der Waals surface area contributed by atoms with Crippen LogP contribution in [0.5, 0.6) is 5.75 Å². The summed E-state index contributed by atoms with van der Waals surface area (Å²) in [5.74, 6) is 1.20. The van der Waals surface area contributed by atoms with Gasteiger partial charge >= 0.3 is 0 Å². The molecule has 1 N–H and O–H groups in total. The van der Waals surface area contributed by atoms with Crippen molar-refractivity contribution in [2.24, 2.45) is 5.92 Å². The Bertz CT molecular complexity index is 551. The Kier molecular flexibility index (Phi) is 4.59. The number of halogens is 1. The Labute approximate surface area is 137 Å². The standard InChI is InChI=1S/C17H22N2O2.ClH/c20-17(19-8-7-14-5-6-15(10-19)18-14)13-9-12-3-1-2-4-16(12)21-11-13;/h1-4,13-15,18H,5-11H2;1H. The first-order chi connectivity index (χ1) is 10.3. The largest absolute Gasteiger partial charge is 0.492 e. The van der Waals surface area contributed by atoms with Gasteiger partial charge < -0.3 is 15.0 Å². The van der Waals surface area contributed by atoms with E-state index in [4.69, 9.17) is 4.74 Å². The summed E-state index contributed by atoms with van der Waals surface area (Å²) in [6.07, 6.45) is 4.38. The molecular formula is C17H23ClN2O2. The average molecular weight is 323 g/mol. The maximum Gasteiger partial charge on any atom is 0.229 e. The summed E-state index contributed by atoms with van der Waals surface area (Å²) >= 11 is 0. The summed E-state index contributed by atoms with van der Waals surface area (Å²) in [5.41, 5.74) is 1.16. The number of carbonyl (C=O) groups excluding carboxylic acids is 1. The SMILES string of the molecule is Cl.O=C(C1COc2ccccc2C1)N1CCC2CCC(C1)N2. The van der Waals surface area contributed by atoms with Gasteiger partial charge in [0.25, 0.3) is 0 Å². The molecule has 2 fully saturated rings. The van der Waals surface area contributed by atoms with Crippen molar-refractivity contribution in [1.82, 2.24) is 10.2 Å². The molecule has 4 rings (SSSR count). The summed E-state index contributed by atoms with van der Waals surface area (Å²) < 4.78 is 5.78. The third kappa shape index (κ3) is 2.95. The molecule has 1 aromatic carbocycles. The van der Waals surface area contributed by atoms with E-state index in [0.29, 0.717) is 18.7 Å². The van der Waals surface area contributed by atoms with Gasteiger partial charge in [-0.15, -0.1) is 12.4 Å². The number of nitrogens with one attached hydrogen (secondary N) is 1. The Morgan fingerprint density at radius 2 is 2.00 bits per heavy atom. The van der Waals surface area contributed by atoms with Crippen LogP contribution >= 0.6 is 12.4 Å². The minimum atomic E-state index is -0.0171. The van der Waals surface area contributed by atoms with E-state index in [1.54, 1.807) is 0 Å². The van der Waals surface area contributed by atoms with Crippen LogP contribution in [0.3, 0.4) is 0 Å². The van der Waals surface area contributed by atoms with Crippen LogP contribution in [0.15, 0.2) is 24.3 Å². The normalized spacial score (nSPS) is 29.8. The first-order valence-corrected chi connectivity index (χ1v) is 8.05. The number of ether oxygens (including phenoxy) is 1. The molecule has 3 heterocycles. The molecule has 5 heteroatoms. The van der Waals surface area contributed by atoms with Crippen molar-refractivity contribution < 1.29 is 9.53 Å². The van der Waals surface area contributed by atoms with Crippen molar-refractivity contribution >= 4 is 18.3 Å². The second-order valence-electron chi connectivity index (χ2n) is 6.53. The molecule has 0 spiro atoms. The summed E-state index contributed by atoms with van der Waals surface area (Å²) in [5, 5.41) is 3.63. The van der Waals surface area contributed by atoms with Crippen molar-refractivity contribution in [1.29, 1.82) is 0 Å². The van der Waals surface area contributed by atoms with Gasteiger partial charge in [0.15, 0.2) is 0 Å². The van der Waals surface area contributed by atoms with Crippen molar-refractivity contribution in [3.05, 3.63) is 29.8 Å². The minimum absolute atomic E-state index is 0. The van der Waals surface area contributed by atoms with E-state index < -0.39 is 0 Å². The number of hydrogen-bond donors (Lipinski definition) is 1. The molecule has 1 amide bonds.